The lowest BCUT2D eigenvalue weighted by Crippen LogP contribution is -2.27. The van der Waals surface area contributed by atoms with Gasteiger partial charge < -0.3 is 10.6 Å². The largest absolute Gasteiger partial charge is 0.349 e. The standard InChI is InChI=1S/C15H19N3S/c1-11-2-3-13(8-16)15(17-11)18(14-4-5-14)9-12-6-7-19-10-12/h2-3,6-7,10,14H,4-5,8-9,16H2,1H3. The van der Waals surface area contributed by atoms with E-state index in [1.165, 1.54) is 18.4 Å². The van der Waals surface area contributed by atoms with Crippen molar-refractivity contribution in [2.75, 3.05) is 4.90 Å². The Kier molecular flexibility index (Phi) is 3.53. The average Bonchev–Trinajstić information content (AvgIpc) is 3.13. The molecule has 3 nitrogen and oxygen atoms in total. The van der Waals surface area contributed by atoms with Gasteiger partial charge in [0.25, 0.3) is 0 Å². The lowest BCUT2D eigenvalue weighted by Gasteiger charge is -2.25. The van der Waals surface area contributed by atoms with E-state index in [-0.39, 0.29) is 0 Å². The number of aryl methyl sites for hydroxylation is 1. The van der Waals surface area contributed by atoms with Crippen molar-refractivity contribution in [2.24, 2.45) is 5.73 Å². The third-order valence-corrected chi connectivity index (χ3v) is 4.24. The molecule has 1 aliphatic carbocycles. The number of hydrogen-bond donors (Lipinski definition) is 1. The summed E-state index contributed by atoms with van der Waals surface area (Å²) in [5.41, 5.74) is 9.44. The molecular formula is C15H19N3S. The molecule has 1 saturated carbocycles. The number of rotatable bonds is 5. The van der Waals surface area contributed by atoms with E-state index < -0.39 is 0 Å². The first-order chi connectivity index (χ1) is 9.28. The molecule has 0 atom stereocenters. The highest BCUT2D eigenvalue weighted by Crippen LogP contribution is 2.34. The van der Waals surface area contributed by atoms with Crippen LogP contribution in [0, 0.1) is 6.92 Å². The van der Waals surface area contributed by atoms with Crippen LogP contribution in [0.3, 0.4) is 0 Å². The van der Waals surface area contributed by atoms with E-state index in [0.29, 0.717) is 12.6 Å². The van der Waals surface area contributed by atoms with Gasteiger partial charge in [0.1, 0.15) is 5.82 Å². The van der Waals surface area contributed by atoms with E-state index in [1.54, 1.807) is 11.3 Å². The van der Waals surface area contributed by atoms with E-state index in [2.05, 4.69) is 27.8 Å². The summed E-state index contributed by atoms with van der Waals surface area (Å²) >= 11 is 1.75. The molecule has 3 rings (SSSR count). The molecule has 2 N–H and O–H groups in total. The van der Waals surface area contributed by atoms with E-state index in [0.717, 1.165) is 23.6 Å². The van der Waals surface area contributed by atoms with E-state index in [1.807, 2.05) is 13.0 Å². The van der Waals surface area contributed by atoms with Crippen molar-refractivity contribution in [2.45, 2.75) is 38.9 Å². The molecule has 2 aromatic heterocycles. The van der Waals surface area contributed by atoms with Gasteiger partial charge in [-0.15, -0.1) is 0 Å². The molecule has 0 bridgehead atoms. The number of nitrogens with two attached hydrogens (primary N) is 1. The normalized spacial score (nSPS) is 14.6. The minimum atomic E-state index is 0.551. The Morgan fingerprint density at radius 2 is 2.21 bits per heavy atom. The molecule has 0 radical (unpaired) electrons. The van der Waals surface area contributed by atoms with Gasteiger partial charge in [-0.3, -0.25) is 0 Å². The minimum Gasteiger partial charge on any atom is -0.349 e. The molecule has 0 amide bonds. The molecule has 1 aliphatic rings. The SMILES string of the molecule is Cc1ccc(CN)c(N(Cc2ccsc2)C2CC2)n1. The van der Waals surface area contributed by atoms with Crippen LogP contribution in [-0.4, -0.2) is 11.0 Å². The number of pyridine rings is 1. The highest BCUT2D eigenvalue weighted by Gasteiger charge is 2.31. The Bertz CT molecular complexity index is 547. The summed E-state index contributed by atoms with van der Waals surface area (Å²) < 4.78 is 0. The second-order valence-corrected chi connectivity index (χ2v) is 5.91. The van der Waals surface area contributed by atoms with Crippen LogP contribution in [-0.2, 0) is 13.1 Å². The van der Waals surface area contributed by atoms with Crippen molar-refractivity contribution < 1.29 is 0 Å². The predicted octanol–water partition coefficient (Wildman–Crippen LogP) is 3.08. The average molecular weight is 273 g/mol. The van der Waals surface area contributed by atoms with Crippen molar-refractivity contribution in [1.29, 1.82) is 0 Å². The zero-order valence-corrected chi connectivity index (χ0v) is 12.0. The molecule has 19 heavy (non-hydrogen) atoms. The third-order valence-electron chi connectivity index (χ3n) is 3.51. The summed E-state index contributed by atoms with van der Waals surface area (Å²) in [4.78, 5) is 7.16. The van der Waals surface area contributed by atoms with Crippen molar-refractivity contribution in [3.63, 3.8) is 0 Å². The first-order valence-electron chi connectivity index (χ1n) is 6.72. The minimum absolute atomic E-state index is 0.551. The highest BCUT2D eigenvalue weighted by atomic mass is 32.1. The monoisotopic (exact) mass is 273 g/mol. The Labute approximate surface area is 118 Å². The van der Waals surface area contributed by atoms with Gasteiger partial charge in [0, 0.05) is 30.4 Å². The van der Waals surface area contributed by atoms with Crippen LogP contribution in [0.5, 0.6) is 0 Å². The molecule has 4 heteroatoms. The van der Waals surface area contributed by atoms with Gasteiger partial charge in [0.05, 0.1) is 0 Å². The third kappa shape index (κ3) is 2.80. The molecular weight excluding hydrogens is 254 g/mol. The summed E-state index contributed by atoms with van der Waals surface area (Å²) in [6, 6.07) is 6.99. The smallest absolute Gasteiger partial charge is 0.133 e. The van der Waals surface area contributed by atoms with E-state index in [4.69, 9.17) is 10.7 Å². The molecule has 0 aromatic carbocycles. The van der Waals surface area contributed by atoms with Crippen molar-refractivity contribution >= 4 is 17.2 Å². The second-order valence-electron chi connectivity index (χ2n) is 5.13. The highest BCUT2D eigenvalue weighted by molar-refractivity contribution is 7.07. The Morgan fingerprint density at radius 1 is 1.37 bits per heavy atom. The molecule has 2 heterocycles. The fourth-order valence-electron chi connectivity index (χ4n) is 2.32. The topological polar surface area (TPSA) is 42.1 Å². The maximum Gasteiger partial charge on any atom is 0.133 e. The van der Waals surface area contributed by atoms with Gasteiger partial charge in [-0.25, -0.2) is 4.98 Å². The summed E-state index contributed by atoms with van der Waals surface area (Å²) in [5.74, 6) is 1.08. The van der Waals surface area contributed by atoms with Gasteiger partial charge in [-0.2, -0.15) is 11.3 Å². The first kappa shape index (κ1) is 12.6. The van der Waals surface area contributed by atoms with Crippen LogP contribution in [0.4, 0.5) is 5.82 Å². The molecule has 0 spiro atoms. The lowest BCUT2D eigenvalue weighted by atomic mass is 10.2. The Hall–Kier alpha value is -1.39. The number of thiophene rings is 1. The summed E-state index contributed by atoms with van der Waals surface area (Å²) in [6.07, 6.45) is 2.54. The van der Waals surface area contributed by atoms with E-state index in [9.17, 15) is 0 Å². The maximum absolute atomic E-state index is 5.87. The molecule has 2 aromatic rings. The van der Waals surface area contributed by atoms with Gasteiger partial charge in [0.2, 0.25) is 0 Å². The maximum atomic E-state index is 5.87. The van der Waals surface area contributed by atoms with Crippen molar-refractivity contribution in [3.05, 3.63) is 45.8 Å². The van der Waals surface area contributed by atoms with Crippen LogP contribution in [0.25, 0.3) is 0 Å². The van der Waals surface area contributed by atoms with Crippen LogP contribution in [0.15, 0.2) is 29.0 Å². The number of anilines is 1. The Balaban J connectivity index is 1.93. The van der Waals surface area contributed by atoms with Gasteiger partial charge in [-0.05, 0) is 48.2 Å². The fraction of sp³-hybridized carbons (Fsp3) is 0.400. The van der Waals surface area contributed by atoms with Crippen LogP contribution in [0.2, 0.25) is 0 Å². The van der Waals surface area contributed by atoms with Gasteiger partial charge in [0.15, 0.2) is 0 Å². The first-order valence-corrected chi connectivity index (χ1v) is 7.66. The number of aromatic nitrogens is 1. The van der Waals surface area contributed by atoms with Crippen LogP contribution in [0.1, 0.15) is 29.7 Å². The molecule has 0 aliphatic heterocycles. The zero-order valence-electron chi connectivity index (χ0n) is 11.2. The number of hydrogen-bond acceptors (Lipinski definition) is 4. The van der Waals surface area contributed by atoms with Gasteiger partial charge in [-0.1, -0.05) is 6.07 Å². The summed E-state index contributed by atoms with van der Waals surface area (Å²) in [5, 5.41) is 4.35. The summed E-state index contributed by atoms with van der Waals surface area (Å²) in [6.45, 7) is 3.53. The van der Waals surface area contributed by atoms with Crippen molar-refractivity contribution in [1.82, 2.24) is 4.98 Å². The molecule has 0 unspecified atom stereocenters. The van der Waals surface area contributed by atoms with E-state index >= 15 is 0 Å². The van der Waals surface area contributed by atoms with Crippen LogP contribution < -0.4 is 10.6 Å². The molecule has 1 fully saturated rings. The van der Waals surface area contributed by atoms with Gasteiger partial charge >= 0.3 is 0 Å². The van der Waals surface area contributed by atoms with Crippen LogP contribution >= 0.6 is 11.3 Å². The van der Waals surface area contributed by atoms with Crippen molar-refractivity contribution in [3.8, 4) is 0 Å². The summed E-state index contributed by atoms with van der Waals surface area (Å²) in [7, 11) is 0. The molecule has 100 valence electrons. The zero-order chi connectivity index (χ0) is 13.2. The quantitative estimate of drug-likeness (QED) is 0.910. The predicted molar refractivity (Wildman–Crippen MR) is 80.4 cm³/mol. The fourth-order valence-corrected chi connectivity index (χ4v) is 2.98. The lowest BCUT2D eigenvalue weighted by molar-refractivity contribution is 0.767. The molecule has 0 saturated heterocycles. The second kappa shape index (κ2) is 5.31. The Morgan fingerprint density at radius 3 is 2.84 bits per heavy atom. The number of nitrogens with zero attached hydrogens (tertiary/aromatic N) is 2.